The molecule has 4 nitrogen and oxygen atoms in total. The van der Waals surface area contributed by atoms with Crippen molar-refractivity contribution >= 4 is 17.4 Å². The molecule has 1 fully saturated rings. The summed E-state index contributed by atoms with van der Waals surface area (Å²) in [6.45, 7) is 6.85. The molecular weight excluding hydrogens is 260 g/mol. The number of aromatic nitrogens is 1. The molecule has 106 valence electrons. The van der Waals surface area contributed by atoms with Gasteiger partial charge in [-0.1, -0.05) is 0 Å². The Hall–Kier alpha value is -0.940. The van der Waals surface area contributed by atoms with Crippen molar-refractivity contribution in [2.75, 3.05) is 18.1 Å². The SMILES string of the molecule is CC(C)(C)Oc1nc(SCC2CCCO2)ccc1N. The van der Waals surface area contributed by atoms with Gasteiger partial charge in [0.05, 0.1) is 11.8 Å². The van der Waals surface area contributed by atoms with Gasteiger partial charge < -0.3 is 15.2 Å². The lowest BCUT2D eigenvalue weighted by Gasteiger charge is -2.21. The molecule has 1 aromatic heterocycles. The highest BCUT2D eigenvalue weighted by molar-refractivity contribution is 7.99. The summed E-state index contributed by atoms with van der Waals surface area (Å²) in [5.41, 5.74) is 6.18. The second-order valence-electron chi connectivity index (χ2n) is 5.70. The van der Waals surface area contributed by atoms with Crippen LogP contribution in [0.15, 0.2) is 17.2 Å². The molecule has 1 aliphatic rings. The smallest absolute Gasteiger partial charge is 0.238 e. The summed E-state index contributed by atoms with van der Waals surface area (Å²) >= 11 is 1.69. The fourth-order valence-corrected chi connectivity index (χ4v) is 2.77. The van der Waals surface area contributed by atoms with E-state index in [1.807, 2.05) is 32.9 Å². The molecule has 1 aromatic rings. The van der Waals surface area contributed by atoms with E-state index in [1.165, 1.54) is 6.42 Å². The number of rotatable bonds is 4. The van der Waals surface area contributed by atoms with Crippen LogP contribution < -0.4 is 10.5 Å². The quantitative estimate of drug-likeness (QED) is 0.860. The van der Waals surface area contributed by atoms with Crippen molar-refractivity contribution < 1.29 is 9.47 Å². The Morgan fingerprint density at radius 3 is 2.89 bits per heavy atom. The Balaban J connectivity index is 1.99. The molecule has 0 aliphatic carbocycles. The third kappa shape index (κ3) is 4.58. The van der Waals surface area contributed by atoms with Crippen molar-refractivity contribution in [2.45, 2.75) is 50.3 Å². The van der Waals surface area contributed by atoms with Gasteiger partial charge in [-0.2, -0.15) is 0 Å². The van der Waals surface area contributed by atoms with Crippen LogP contribution in [0.25, 0.3) is 0 Å². The van der Waals surface area contributed by atoms with Gasteiger partial charge in [-0.25, -0.2) is 4.98 Å². The van der Waals surface area contributed by atoms with E-state index in [9.17, 15) is 0 Å². The van der Waals surface area contributed by atoms with Gasteiger partial charge in [0.25, 0.3) is 0 Å². The minimum atomic E-state index is -0.293. The van der Waals surface area contributed by atoms with Gasteiger partial charge in [-0.05, 0) is 45.7 Å². The van der Waals surface area contributed by atoms with E-state index < -0.39 is 0 Å². The molecule has 19 heavy (non-hydrogen) atoms. The fourth-order valence-electron chi connectivity index (χ4n) is 1.84. The van der Waals surface area contributed by atoms with Crippen molar-refractivity contribution in [3.05, 3.63) is 12.1 Å². The lowest BCUT2D eigenvalue weighted by atomic mass is 10.2. The van der Waals surface area contributed by atoms with Crippen molar-refractivity contribution in [3.63, 3.8) is 0 Å². The summed E-state index contributed by atoms with van der Waals surface area (Å²) in [5, 5.41) is 0.934. The molecule has 0 aromatic carbocycles. The average molecular weight is 282 g/mol. The molecule has 1 aliphatic heterocycles. The second-order valence-corrected chi connectivity index (χ2v) is 6.74. The zero-order valence-corrected chi connectivity index (χ0v) is 12.6. The van der Waals surface area contributed by atoms with Crippen LogP contribution in [0.5, 0.6) is 5.88 Å². The molecule has 1 unspecified atom stereocenters. The lowest BCUT2D eigenvalue weighted by molar-refractivity contribution is 0.124. The number of nitrogens with two attached hydrogens (primary N) is 1. The Labute approximate surface area is 119 Å². The molecule has 0 bridgehead atoms. The van der Waals surface area contributed by atoms with Gasteiger partial charge >= 0.3 is 0 Å². The first kappa shape index (κ1) is 14.5. The van der Waals surface area contributed by atoms with Crippen LogP contribution in [0.4, 0.5) is 5.69 Å². The maximum absolute atomic E-state index is 5.89. The molecule has 1 atom stereocenters. The van der Waals surface area contributed by atoms with E-state index in [0.717, 1.165) is 23.8 Å². The molecule has 2 N–H and O–H groups in total. The van der Waals surface area contributed by atoms with Crippen LogP contribution in [-0.2, 0) is 4.74 Å². The van der Waals surface area contributed by atoms with Crippen LogP contribution in [0.2, 0.25) is 0 Å². The van der Waals surface area contributed by atoms with Crippen LogP contribution in [0.3, 0.4) is 0 Å². The summed E-state index contributed by atoms with van der Waals surface area (Å²) < 4.78 is 11.4. The predicted octanol–water partition coefficient (Wildman–Crippen LogP) is 3.11. The molecule has 2 heterocycles. The van der Waals surface area contributed by atoms with Crippen LogP contribution in [0, 0.1) is 0 Å². The Kier molecular flexibility index (Phi) is 4.58. The summed E-state index contributed by atoms with van der Waals surface area (Å²) in [6.07, 6.45) is 2.67. The Morgan fingerprint density at radius 1 is 1.47 bits per heavy atom. The van der Waals surface area contributed by atoms with Gasteiger partial charge in [0.2, 0.25) is 5.88 Å². The number of anilines is 1. The number of thioether (sulfide) groups is 1. The van der Waals surface area contributed by atoms with E-state index in [1.54, 1.807) is 11.8 Å². The van der Waals surface area contributed by atoms with Crippen molar-refractivity contribution in [3.8, 4) is 5.88 Å². The number of pyridine rings is 1. The highest BCUT2D eigenvalue weighted by Crippen LogP contribution is 2.28. The molecule has 0 saturated carbocycles. The van der Waals surface area contributed by atoms with Crippen LogP contribution >= 0.6 is 11.8 Å². The van der Waals surface area contributed by atoms with Gasteiger partial charge in [0.1, 0.15) is 10.6 Å². The first-order chi connectivity index (χ1) is 8.94. The van der Waals surface area contributed by atoms with Crippen molar-refractivity contribution in [2.24, 2.45) is 0 Å². The highest BCUT2D eigenvalue weighted by Gasteiger charge is 2.18. The summed E-state index contributed by atoms with van der Waals surface area (Å²) in [6, 6.07) is 3.79. The van der Waals surface area contributed by atoms with Gasteiger partial charge in [-0.15, -0.1) is 11.8 Å². The molecular formula is C14H22N2O2S. The number of nitrogen functional groups attached to an aromatic ring is 1. The summed E-state index contributed by atoms with van der Waals surface area (Å²) in [7, 11) is 0. The zero-order valence-electron chi connectivity index (χ0n) is 11.8. The van der Waals surface area contributed by atoms with Crippen molar-refractivity contribution in [1.29, 1.82) is 0 Å². The van der Waals surface area contributed by atoms with Crippen molar-refractivity contribution in [1.82, 2.24) is 4.98 Å². The molecule has 5 heteroatoms. The largest absolute Gasteiger partial charge is 0.470 e. The molecule has 0 radical (unpaired) electrons. The average Bonchev–Trinajstić information content (AvgIpc) is 2.81. The third-order valence-electron chi connectivity index (χ3n) is 2.71. The Morgan fingerprint density at radius 2 is 2.26 bits per heavy atom. The third-order valence-corrected chi connectivity index (χ3v) is 3.77. The zero-order chi connectivity index (χ0) is 13.9. The molecule has 2 rings (SSSR count). The monoisotopic (exact) mass is 282 g/mol. The topological polar surface area (TPSA) is 57.4 Å². The minimum Gasteiger partial charge on any atom is -0.470 e. The standard InChI is InChI=1S/C14H22N2O2S/c1-14(2,3)18-13-11(15)6-7-12(16-13)19-9-10-5-4-8-17-10/h6-7,10H,4-5,8-9,15H2,1-3H3. The number of ether oxygens (including phenoxy) is 2. The molecule has 0 amide bonds. The minimum absolute atomic E-state index is 0.293. The van der Waals surface area contributed by atoms with Gasteiger partial charge in [0.15, 0.2) is 0 Å². The predicted molar refractivity (Wildman–Crippen MR) is 78.7 cm³/mol. The first-order valence-electron chi connectivity index (χ1n) is 6.64. The molecule has 1 saturated heterocycles. The van der Waals surface area contributed by atoms with Gasteiger partial charge in [0, 0.05) is 12.4 Å². The second kappa shape index (κ2) is 6.01. The van der Waals surface area contributed by atoms with E-state index >= 15 is 0 Å². The van der Waals surface area contributed by atoms with Crippen LogP contribution in [0.1, 0.15) is 33.6 Å². The van der Waals surface area contributed by atoms with Gasteiger partial charge in [-0.3, -0.25) is 0 Å². The Bertz CT molecular complexity index is 426. The molecule has 0 spiro atoms. The number of hydrogen-bond donors (Lipinski definition) is 1. The number of hydrogen-bond acceptors (Lipinski definition) is 5. The van der Waals surface area contributed by atoms with E-state index in [-0.39, 0.29) is 5.60 Å². The highest BCUT2D eigenvalue weighted by atomic mass is 32.2. The number of nitrogens with zero attached hydrogens (tertiary/aromatic N) is 1. The summed E-state index contributed by atoms with van der Waals surface area (Å²) in [5.74, 6) is 1.45. The lowest BCUT2D eigenvalue weighted by Crippen LogP contribution is -2.24. The van der Waals surface area contributed by atoms with E-state index in [4.69, 9.17) is 15.2 Å². The fraction of sp³-hybridized carbons (Fsp3) is 0.643. The van der Waals surface area contributed by atoms with E-state index in [0.29, 0.717) is 17.7 Å². The first-order valence-corrected chi connectivity index (χ1v) is 7.62. The van der Waals surface area contributed by atoms with E-state index in [2.05, 4.69) is 4.98 Å². The normalized spacial score (nSPS) is 19.6. The summed E-state index contributed by atoms with van der Waals surface area (Å²) in [4.78, 5) is 4.48. The maximum atomic E-state index is 5.89. The maximum Gasteiger partial charge on any atom is 0.238 e. The van der Waals surface area contributed by atoms with Crippen LogP contribution in [-0.4, -0.2) is 29.0 Å².